The molecule has 0 unspecified atom stereocenters. The van der Waals surface area contributed by atoms with E-state index < -0.39 is 0 Å². The summed E-state index contributed by atoms with van der Waals surface area (Å²) in [4.78, 5) is 0. The van der Waals surface area contributed by atoms with Crippen molar-refractivity contribution in [3.8, 4) is 0 Å². The van der Waals surface area contributed by atoms with Gasteiger partial charge in [-0.1, -0.05) is 53.4 Å². The first kappa shape index (κ1) is 29.3. The molecule has 0 rings (SSSR count). The van der Waals surface area contributed by atoms with Gasteiger partial charge in [0.1, 0.15) is 0 Å². The second-order valence-electron chi connectivity index (χ2n) is 5.65. The second kappa shape index (κ2) is 20.3. The molecule has 0 amide bonds. The van der Waals surface area contributed by atoms with Crippen LogP contribution in [0.1, 0.15) is 79.1 Å². The summed E-state index contributed by atoms with van der Waals surface area (Å²) in [6.45, 7) is 15.0. The molecule has 0 N–H and O–H groups in total. The van der Waals surface area contributed by atoms with E-state index >= 15 is 0 Å². The van der Waals surface area contributed by atoms with Gasteiger partial charge in [0.05, 0.1) is 26.2 Å². The maximum Gasteiger partial charge on any atom is 0.187 e. The monoisotopic (exact) mass is 387 g/mol. The maximum absolute atomic E-state index is 2.33. The van der Waals surface area contributed by atoms with Gasteiger partial charge in [0.15, 0.2) is 17.4 Å². The van der Waals surface area contributed by atoms with E-state index in [1.165, 1.54) is 82.0 Å². The molecule has 0 saturated carbocycles. The molecule has 0 atom stereocenters. The summed E-state index contributed by atoms with van der Waals surface area (Å²) in [5, 5.41) is 0. The summed E-state index contributed by atoms with van der Waals surface area (Å²) < 4.78 is 1.42. The van der Waals surface area contributed by atoms with Crippen LogP contribution in [-0.2, 0) is 0 Å². The van der Waals surface area contributed by atoms with Crippen molar-refractivity contribution >= 4 is 29.8 Å². The van der Waals surface area contributed by atoms with E-state index in [0.717, 1.165) is 0 Å². The van der Waals surface area contributed by atoms with Crippen LogP contribution in [0, 0.1) is 0 Å². The summed E-state index contributed by atoms with van der Waals surface area (Å²) >= 11 is 0. The molecule has 20 heavy (non-hydrogen) atoms. The number of quaternary nitrogens is 1. The van der Waals surface area contributed by atoms with Crippen LogP contribution in [0.25, 0.3) is 0 Å². The van der Waals surface area contributed by atoms with Crippen molar-refractivity contribution in [3.63, 3.8) is 0 Å². The smallest absolute Gasteiger partial charge is 0.187 e. The number of rotatable bonds is 12. The number of hydrogen-bond donors (Lipinski definition) is 0. The highest BCUT2D eigenvalue weighted by molar-refractivity contribution is 5.85. The van der Waals surface area contributed by atoms with Crippen LogP contribution < -0.4 is 17.0 Å². The molecule has 0 aromatic rings. The molecule has 0 saturated heterocycles. The summed E-state index contributed by atoms with van der Waals surface area (Å²) in [7, 11) is 0. The van der Waals surface area contributed by atoms with Crippen molar-refractivity contribution in [1.82, 2.24) is 0 Å². The highest BCUT2D eigenvalue weighted by atomic mass is 79.9. The highest BCUT2D eigenvalue weighted by Crippen LogP contribution is 2.16. The molecule has 4 heteroatoms. The zero-order valence-corrected chi connectivity index (χ0v) is 16.1. The molecule has 0 bridgehead atoms. The lowest BCUT2D eigenvalue weighted by Gasteiger charge is -2.39. The fourth-order valence-electron chi connectivity index (χ4n) is 2.64. The number of hydrogen-bond acceptors (Lipinski definition) is 0. The number of halogens is 2. The normalized spacial score (nSPS) is 10.2. The van der Waals surface area contributed by atoms with Crippen molar-refractivity contribution < 1.29 is 21.5 Å². The third-order valence-electron chi connectivity index (χ3n) is 3.94. The van der Waals surface area contributed by atoms with Gasteiger partial charge in [0.25, 0.3) is 0 Å². The first-order chi connectivity index (χ1) is 8.24. The highest BCUT2D eigenvalue weighted by Gasteiger charge is 2.24. The zero-order valence-electron chi connectivity index (χ0n) is 13.7. The molecule has 0 aliphatic carbocycles. The van der Waals surface area contributed by atoms with Crippen LogP contribution in [0.4, 0.5) is 0 Å². The lowest BCUT2D eigenvalue weighted by molar-refractivity contribution is -0.929. The van der Waals surface area contributed by atoms with E-state index in [4.69, 9.17) is 0 Å². The molecule has 0 spiro atoms. The van der Waals surface area contributed by atoms with Gasteiger partial charge < -0.3 is 21.5 Å². The van der Waals surface area contributed by atoms with Crippen LogP contribution >= 0.6 is 12.4 Å². The van der Waals surface area contributed by atoms with Crippen LogP contribution in [0.15, 0.2) is 0 Å². The molecule has 0 aliphatic heterocycles. The fourth-order valence-corrected chi connectivity index (χ4v) is 2.64. The molecule has 0 fully saturated rings. The van der Waals surface area contributed by atoms with Crippen molar-refractivity contribution in [2.45, 2.75) is 79.1 Å². The minimum Gasteiger partial charge on any atom is -1.00 e. The quantitative estimate of drug-likeness (QED) is 0.349. The van der Waals surface area contributed by atoms with E-state index in [1.54, 1.807) is 0 Å². The van der Waals surface area contributed by atoms with E-state index in [0.29, 0.717) is 0 Å². The molecule has 0 heterocycles. The zero-order chi connectivity index (χ0) is 13.0. The summed E-state index contributed by atoms with van der Waals surface area (Å²) in [5.41, 5.74) is 0. The Morgan fingerprint density at radius 1 is 0.550 bits per heavy atom. The largest absolute Gasteiger partial charge is 1.00 e. The summed E-state index contributed by atoms with van der Waals surface area (Å²) in [6.07, 6.45) is 11.1. The lowest BCUT2D eigenvalue weighted by atomic mass is 10.1. The minimum atomic E-state index is 0. The van der Waals surface area contributed by atoms with E-state index in [2.05, 4.69) is 27.7 Å². The predicted octanol–water partition coefficient (Wildman–Crippen LogP) is 1.25. The Bertz CT molecular complexity index is 133. The minimum absolute atomic E-state index is 0. The van der Waals surface area contributed by atoms with Gasteiger partial charge in [-0.15, -0.1) is 12.4 Å². The van der Waals surface area contributed by atoms with Crippen LogP contribution in [0.3, 0.4) is 0 Å². The lowest BCUT2D eigenvalue weighted by Crippen LogP contribution is -3.00. The maximum atomic E-state index is 2.33. The van der Waals surface area contributed by atoms with Crippen LogP contribution in [0.2, 0.25) is 0 Å². The molecule has 1 nitrogen and oxygen atoms in total. The van der Waals surface area contributed by atoms with Crippen LogP contribution in [-0.4, -0.2) is 48.0 Å². The molecule has 126 valence electrons. The van der Waals surface area contributed by atoms with Gasteiger partial charge in [0, 0.05) is 0 Å². The molecular weight excluding hydrogens is 349 g/mol. The molecular formula is C16H40AlBrClN. The molecule has 0 aromatic heterocycles. The van der Waals surface area contributed by atoms with Gasteiger partial charge in [-0.05, 0) is 25.7 Å². The Kier molecular flexibility index (Phi) is 29.7. The molecule has 0 aromatic carbocycles. The number of unbranched alkanes of at least 4 members (excludes halogenated alkanes) is 4. The Labute approximate surface area is 156 Å². The van der Waals surface area contributed by atoms with Gasteiger partial charge >= 0.3 is 0 Å². The predicted molar refractivity (Wildman–Crippen MR) is 96.5 cm³/mol. The molecule has 0 aliphatic rings. The number of nitrogens with zero attached hydrogens (tertiary/aromatic N) is 1. The Balaban J connectivity index is -0.000000427. The van der Waals surface area contributed by atoms with E-state index in [-0.39, 0.29) is 46.7 Å². The first-order valence-electron chi connectivity index (χ1n) is 8.09. The van der Waals surface area contributed by atoms with Gasteiger partial charge in [-0.2, -0.15) is 0 Å². The Morgan fingerprint density at radius 3 is 0.900 bits per heavy atom. The van der Waals surface area contributed by atoms with Gasteiger partial charge in [0.2, 0.25) is 0 Å². The van der Waals surface area contributed by atoms with Crippen molar-refractivity contribution in [2.24, 2.45) is 0 Å². The van der Waals surface area contributed by atoms with Crippen molar-refractivity contribution in [3.05, 3.63) is 0 Å². The Morgan fingerprint density at radius 2 is 0.750 bits per heavy atom. The fraction of sp³-hybridized carbons (Fsp3) is 1.00. The van der Waals surface area contributed by atoms with Crippen LogP contribution in [0.5, 0.6) is 0 Å². The SMILES string of the molecule is CCCC[N+](CCCC)(CCCC)CCCC.Cl.[AlH3].[Br-]. The van der Waals surface area contributed by atoms with Gasteiger partial charge in [-0.25, -0.2) is 0 Å². The Hall–Kier alpha value is 1.26. The van der Waals surface area contributed by atoms with Crippen molar-refractivity contribution in [2.75, 3.05) is 26.2 Å². The summed E-state index contributed by atoms with van der Waals surface area (Å²) in [6, 6.07) is 0. The second-order valence-corrected chi connectivity index (χ2v) is 5.65. The van der Waals surface area contributed by atoms with Gasteiger partial charge in [-0.3, -0.25) is 0 Å². The third-order valence-corrected chi connectivity index (χ3v) is 3.94. The topological polar surface area (TPSA) is 0 Å². The summed E-state index contributed by atoms with van der Waals surface area (Å²) in [5.74, 6) is 0. The standard InChI is InChI=1S/C16H36N.Al.BrH.ClH.3H/c1-5-9-13-17(14-10-6-2,15-11-7-3)16-12-8-4;;;;;;/h5-16H2,1-4H3;;2*1H;;;/q+1;;;;;;/p-1. The molecule has 0 radical (unpaired) electrons. The first-order valence-corrected chi connectivity index (χ1v) is 8.09. The average Bonchev–Trinajstić information content (AvgIpc) is 2.37. The average molecular weight is 389 g/mol. The van der Waals surface area contributed by atoms with Crippen molar-refractivity contribution in [1.29, 1.82) is 0 Å². The van der Waals surface area contributed by atoms with E-state index in [1.807, 2.05) is 0 Å². The van der Waals surface area contributed by atoms with E-state index in [9.17, 15) is 0 Å². The third kappa shape index (κ3) is 14.2.